The van der Waals surface area contributed by atoms with Crippen molar-refractivity contribution in [3.63, 3.8) is 0 Å². The first-order valence-electron chi connectivity index (χ1n) is 8.00. The van der Waals surface area contributed by atoms with Crippen molar-refractivity contribution in [3.05, 3.63) is 60.1 Å². The van der Waals surface area contributed by atoms with Gasteiger partial charge in [0.15, 0.2) is 0 Å². The van der Waals surface area contributed by atoms with Crippen LogP contribution >= 0.6 is 0 Å². The molecule has 0 aliphatic rings. The normalized spacial score (nSPS) is 14.6. The van der Waals surface area contributed by atoms with Crippen LogP contribution in [-0.2, 0) is 4.79 Å². The molecule has 2 aromatic rings. The molecule has 0 unspecified atom stereocenters. The Balaban J connectivity index is 2.07. The molecule has 1 aromatic heterocycles. The molecule has 0 bridgehead atoms. The summed E-state index contributed by atoms with van der Waals surface area (Å²) in [5, 5.41) is 15.3. The van der Waals surface area contributed by atoms with Crippen molar-refractivity contribution >= 4 is 5.91 Å². The number of nitrogens with zero attached hydrogens (tertiary/aromatic N) is 1. The SMILES string of the molecule is CC(C)[C@@](C)(C#N)NC(=O)CN[C@H](c1ccccc1)c1ccco1. The molecule has 2 N–H and O–H groups in total. The van der Waals surface area contributed by atoms with E-state index in [1.165, 1.54) is 0 Å². The Morgan fingerprint density at radius 3 is 2.50 bits per heavy atom. The van der Waals surface area contributed by atoms with Gasteiger partial charge in [-0.2, -0.15) is 5.26 Å². The monoisotopic (exact) mass is 325 g/mol. The average Bonchev–Trinajstić information content (AvgIpc) is 3.10. The Morgan fingerprint density at radius 1 is 1.25 bits per heavy atom. The molecule has 0 radical (unpaired) electrons. The Labute approximate surface area is 142 Å². The third-order valence-corrected chi connectivity index (χ3v) is 4.21. The molecule has 1 amide bonds. The zero-order chi connectivity index (χ0) is 17.6. The lowest BCUT2D eigenvalue weighted by Gasteiger charge is -2.27. The van der Waals surface area contributed by atoms with Crippen LogP contribution in [0.5, 0.6) is 0 Å². The third-order valence-electron chi connectivity index (χ3n) is 4.21. The summed E-state index contributed by atoms with van der Waals surface area (Å²) in [5.74, 6) is 0.530. The van der Waals surface area contributed by atoms with Gasteiger partial charge >= 0.3 is 0 Å². The minimum absolute atomic E-state index is 0.0152. The Hall–Kier alpha value is -2.58. The predicted octanol–water partition coefficient (Wildman–Crippen LogP) is 3.01. The molecule has 5 nitrogen and oxygen atoms in total. The van der Waals surface area contributed by atoms with E-state index in [1.807, 2.05) is 56.3 Å². The van der Waals surface area contributed by atoms with E-state index in [1.54, 1.807) is 13.2 Å². The van der Waals surface area contributed by atoms with Gasteiger partial charge in [-0.15, -0.1) is 0 Å². The highest BCUT2D eigenvalue weighted by molar-refractivity contribution is 5.79. The van der Waals surface area contributed by atoms with Crippen molar-refractivity contribution in [2.75, 3.05) is 6.54 Å². The number of amides is 1. The lowest BCUT2D eigenvalue weighted by Crippen LogP contribution is -2.51. The van der Waals surface area contributed by atoms with Gasteiger partial charge in [0.2, 0.25) is 5.91 Å². The summed E-state index contributed by atoms with van der Waals surface area (Å²) in [5.41, 5.74) is 0.123. The standard InChI is InChI=1S/C19H23N3O2/c1-14(2)19(3,13-20)22-17(23)12-21-18(16-10-7-11-24-16)15-8-5-4-6-9-15/h4-11,14,18,21H,12H2,1-3H3,(H,22,23)/t18-,19-/m1/s1. The van der Waals surface area contributed by atoms with Gasteiger partial charge in [-0.1, -0.05) is 44.2 Å². The van der Waals surface area contributed by atoms with Crippen LogP contribution in [0.25, 0.3) is 0 Å². The first-order chi connectivity index (χ1) is 11.5. The number of furan rings is 1. The highest BCUT2D eigenvalue weighted by Crippen LogP contribution is 2.22. The number of nitriles is 1. The summed E-state index contributed by atoms with van der Waals surface area (Å²) >= 11 is 0. The number of hydrogen-bond donors (Lipinski definition) is 2. The highest BCUT2D eigenvalue weighted by Gasteiger charge is 2.30. The van der Waals surface area contributed by atoms with Gasteiger partial charge in [0.05, 0.1) is 24.9 Å². The predicted molar refractivity (Wildman–Crippen MR) is 92.0 cm³/mol. The second kappa shape index (κ2) is 7.80. The summed E-state index contributed by atoms with van der Waals surface area (Å²) < 4.78 is 5.50. The molecule has 0 spiro atoms. The van der Waals surface area contributed by atoms with E-state index < -0.39 is 5.54 Å². The summed E-state index contributed by atoms with van der Waals surface area (Å²) in [6, 6.07) is 15.4. The van der Waals surface area contributed by atoms with Crippen LogP contribution in [0.2, 0.25) is 0 Å². The minimum atomic E-state index is -0.883. The van der Waals surface area contributed by atoms with Crippen LogP contribution in [0.1, 0.15) is 38.1 Å². The summed E-state index contributed by atoms with van der Waals surface area (Å²) in [7, 11) is 0. The Bertz CT molecular complexity index is 689. The molecule has 0 aliphatic carbocycles. The van der Waals surface area contributed by atoms with Crippen LogP contribution in [0.15, 0.2) is 53.1 Å². The minimum Gasteiger partial charge on any atom is -0.467 e. The maximum absolute atomic E-state index is 12.3. The van der Waals surface area contributed by atoms with E-state index in [0.29, 0.717) is 0 Å². The van der Waals surface area contributed by atoms with Crippen LogP contribution in [0.3, 0.4) is 0 Å². The van der Waals surface area contributed by atoms with Crippen LogP contribution in [0, 0.1) is 17.2 Å². The molecule has 2 rings (SSSR count). The molecule has 0 fully saturated rings. The fraction of sp³-hybridized carbons (Fsp3) is 0.368. The van der Waals surface area contributed by atoms with Crippen molar-refractivity contribution < 1.29 is 9.21 Å². The third kappa shape index (κ3) is 4.24. The summed E-state index contributed by atoms with van der Waals surface area (Å²) in [4.78, 5) is 12.3. The lowest BCUT2D eigenvalue weighted by atomic mass is 9.90. The first kappa shape index (κ1) is 17.8. The van der Waals surface area contributed by atoms with Crippen molar-refractivity contribution in [2.45, 2.75) is 32.4 Å². The highest BCUT2D eigenvalue weighted by atomic mass is 16.3. The van der Waals surface area contributed by atoms with E-state index in [9.17, 15) is 10.1 Å². The average molecular weight is 325 g/mol. The quantitative estimate of drug-likeness (QED) is 0.820. The van der Waals surface area contributed by atoms with Gasteiger partial charge in [0, 0.05) is 0 Å². The molecule has 0 saturated carbocycles. The molecule has 2 atom stereocenters. The number of benzene rings is 1. The van der Waals surface area contributed by atoms with Crippen molar-refractivity contribution in [1.82, 2.24) is 10.6 Å². The molecule has 0 saturated heterocycles. The molecule has 1 heterocycles. The Kier molecular flexibility index (Phi) is 5.78. The fourth-order valence-electron chi connectivity index (χ4n) is 2.31. The lowest BCUT2D eigenvalue weighted by molar-refractivity contribution is -0.121. The van der Waals surface area contributed by atoms with Crippen molar-refractivity contribution in [2.24, 2.45) is 5.92 Å². The van der Waals surface area contributed by atoms with Crippen LogP contribution in [0.4, 0.5) is 0 Å². The zero-order valence-corrected chi connectivity index (χ0v) is 14.2. The molecular formula is C19H23N3O2. The van der Waals surface area contributed by atoms with E-state index >= 15 is 0 Å². The first-order valence-corrected chi connectivity index (χ1v) is 8.00. The molecule has 126 valence electrons. The van der Waals surface area contributed by atoms with Gasteiger partial charge in [-0.05, 0) is 30.5 Å². The number of carbonyl (C=O) groups excluding carboxylic acids is 1. The van der Waals surface area contributed by atoms with Gasteiger partial charge in [-0.25, -0.2) is 0 Å². The topological polar surface area (TPSA) is 78.1 Å². The van der Waals surface area contributed by atoms with E-state index in [0.717, 1.165) is 11.3 Å². The van der Waals surface area contributed by atoms with Crippen molar-refractivity contribution in [1.29, 1.82) is 5.26 Å². The maximum atomic E-state index is 12.3. The maximum Gasteiger partial charge on any atom is 0.235 e. The van der Waals surface area contributed by atoms with Crippen LogP contribution < -0.4 is 10.6 Å². The molecule has 0 aliphatic heterocycles. The van der Waals surface area contributed by atoms with Gasteiger partial charge in [0.1, 0.15) is 11.3 Å². The molecule has 24 heavy (non-hydrogen) atoms. The summed E-state index contributed by atoms with van der Waals surface area (Å²) in [6.45, 7) is 5.64. The number of carbonyl (C=O) groups is 1. The van der Waals surface area contributed by atoms with E-state index in [-0.39, 0.29) is 24.4 Å². The molecule has 1 aromatic carbocycles. The van der Waals surface area contributed by atoms with Gasteiger partial charge in [-0.3, -0.25) is 10.1 Å². The summed E-state index contributed by atoms with van der Waals surface area (Å²) in [6.07, 6.45) is 1.61. The van der Waals surface area contributed by atoms with Crippen molar-refractivity contribution in [3.8, 4) is 6.07 Å². The van der Waals surface area contributed by atoms with Gasteiger partial charge in [0.25, 0.3) is 0 Å². The van der Waals surface area contributed by atoms with E-state index in [4.69, 9.17) is 4.42 Å². The molecular weight excluding hydrogens is 302 g/mol. The van der Waals surface area contributed by atoms with E-state index in [2.05, 4.69) is 16.7 Å². The number of nitrogens with one attached hydrogen (secondary N) is 2. The van der Waals surface area contributed by atoms with Gasteiger partial charge < -0.3 is 9.73 Å². The molecule has 5 heteroatoms. The Morgan fingerprint density at radius 2 is 1.96 bits per heavy atom. The zero-order valence-electron chi connectivity index (χ0n) is 14.2. The second-order valence-corrected chi connectivity index (χ2v) is 6.26. The fourth-order valence-corrected chi connectivity index (χ4v) is 2.31. The largest absolute Gasteiger partial charge is 0.467 e. The second-order valence-electron chi connectivity index (χ2n) is 6.26. The van der Waals surface area contributed by atoms with Crippen LogP contribution in [-0.4, -0.2) is 18.0 Å². The number of hydrogen-bond acceptors (Lipinski definition) is 4. The number of rotatable bonds is 7. The smallest absolute Gasteiger partial charge is 0.235 e.